The monoisotopic (exact) mass is 599 g/mol. The number of thiocarbonyl (C=S) groups is 1. The number of hydrogen-bond acceptors (Lipinski definition) is 6. The van der Waals surface area contributed by atoms with E-state index < -0.39 is 22.0 Å². The van der Waals surface area contributed by atoms with Gasteiger partial charge in [0.1, 0.15) is 29.0 Å². The molecule has 0 saturated carbocycles. The van der Waals surface area contributed by atoms with Gasteiger partial charge in [0.05, 0.1) is 17.8 Å². The van der Waals surface area contributed by atoms with Crippen LogP contribution in [0.3, 0.4) is 0 Å². The number of fused-ring (bicyclic) bond motifs is 1. The Morgan fingerprint density at radius 1 is 1.12 bits per heavy atom. The van der Waals surface area contributed by atoms with Crippen molar-refractivity contribution >= 4 is 67.1 Å². The number of H-pyrrole nitrogens is 1. The van der Waals surface area contributed by atoms with E-state index in [1.54, 1.807) is 18.2 Å². The zero-order valence-electron chi connectivity index (χ0n) is 21.1. The summed E-state index contributed by atoms with van der Waals surface area (Å²) >= 11 is 11.8. The van der Waals surface area contributed by atoms with Crippen LogP contribution in [0.1, 0.15) is 10.5 Å². The van der Waals surface area contributed by atoms with Crippen LogP contribution in [0.15, 0.2) is 77.7 Å². The number of nitrogens with one attached hydrogen (secondary N) is 3. The van der Waals surface area contributed by atoms with Crippen molar-refractivity contribution in [3.05, 3.63) is 83.5 Å². The SMILES string of the molecule is NC(=O)c1[nH]c2c(NC(=S)Nc3ccccc3)cc(Cl)cc2c1S(=O)(=O)N1CCOC(COc2ccccc2)C1. The summed E-state index contributed by atoms with van der Waals surface area (Å²) in [6.07, 6.45) is -0.520. The normalized spacial score (nSPS) is 16.0. The molecule has 0 radical (unpaired) electrons. The number of carbonyl (C=O) groups is 1. The molecule has 0 bridgehead atoms. The Morgan fingerprint density at radius 2 is 1.82 bits per heavy atom. The van der Waals surface area contributed by atoms with Crippen molar-refractivity contribution in [3.8, 4) is 5.75 Å². The molecule has 1 amide bonds. The Kier molecular flexibility index (Phi) is 8.24. The van der Waals surface area contributed by atoms with E-state index in [0.29, 0.717) is 17.0 Å². The lowest BCUT2D eigenvalue weighted by Crippen LogP contribution is -2.47. The average molecular weight is 600 g/mol. The molecule has 3 aromatic carbocycles. The first-order chi connectivity index (χ1) is 19.2. The number of morpholine rings is 1. The molecule has 2 heterocycles. The minimum absolute atomic E-state index is 0.0246. The Labute approximate surface area is 241 Å². The molecule has 40 heavy (non-hydrogen) atoms. The number of ether oxygens (including phenoxy) is 2. The Bertz CT molecular complexity index is 1650. The summed E-state index contributed by atoms with van der Waals surface area (Å²) in [5, 5.41) is 6.76. The number of aromatic amines is 1. The van der Waals surface area contributed by atoms with Gasteiger partial charge in [-0.3, -0.25) is 4.79 Å². The van der Waals surface area contributed by atoms with Crippen molar-refractivity contribution in [2.45, 2.75) is 11.0 Å². The number of nitrogens with zero attached hydrogens (tertiary/aromatic N) is 1. The van der Waals surface area contributed by atoms with Crippen LogP contribution >= 0.6 is 23.8 Å². The minimum atomic E-state index is -4.22. The maximum Gasteiger partial charge on any atom is 0.266 e. The molecular formula is C27H26ClN5O5S2. The van der Waals surface area contributed by atoms with Crippen molar-refractivity contribution < 1.29 is 22.7 Å². The molecule has 1 saturated heterocycles. The van der Waals surface area contributed by atoms with Gasteiger partial charge in [-0.15, -0.1) is 0 Å². The van der Waals surface area contributed by atoms with E-state index in [-0.39, 0.29) is 52.4 Å². The third-order valence-corrected chi connectivity index (χ3v) is 8.60. The predicted octanol–water partition coefficient (Wildman–Crippen LogP) is 4.20. The van der Waals surface area contributed by atoms with Crippen LogP contribution < -0.4 is 21.1 Å². The van der Waals surface area contributed by atoms with E-state index in [0.717, 1.165) is 5.69 Å². The van der Waals surface area contributed by atoms with Gasteiger partial charge in [0.25, 0.3) is 5.91 Å². The molecule has 208 valence electrons. The zero-order valence-corrected chi connectivity index (χ0v) is 23.5. The number of nitrogens with two attached hydrogens (primary N) is 1. The first kappa shape index (κ1) is 27.9. The van der Waals surface area contributed by atoms with Crippen LogP contribution in [0.5, 0.6) is 5.75 Å². The van der Waals surface area contributed by atoms with E-state index in [9.17, 15) is 13.2 Å². The third-order valence-electron chi connectivity index (χ3n) is 6.23. The van der Waals surface area contributed by atoms with Crippen LogP contribution in [0, 0.1) is 0 Å². The lowest BCUT2D eigenvalue weighted by Gasteiger charge is -2.32. The van der Waals surface area contributed by atoms with E-state index in [1.807, 2.05) is 48.5 Å². The van der Waals surface area contributed by atoms with Crippen molar-refractivity contribution in [1.29, 1.82) is 0 Å². The second-order valence-electron chi connectivity index (χ2n) is 8.99. The number of benzene rings is 3. The number of halogens is 1. The van der Waals surface area contributed by atoms with Crippen LogP contribution in [0.2, 0.25) is 5.02 Å². The number of carbonyl (C=O) groups excluding carboxylic acids is 1. The van der Waals surface area contributed by atoms with Gasteiger partial charge in [-0.25, -0.2) is 8.42 Å². The van der Waals surface area contributed by atoms with E-state index in [1.165, 1.54) is 10.4 Å². The average Bonchev–Trinajstić information content (AvgIpc) is 3.34. The molecule has 5 rings (SSSR count). The highest BCUT2D eigenvalue weighted by Crippen LogP contribution is 2.36. The molecule has 1 atom stereocenters. The first-order valence-corrected chi connectivity index (χ1v) is 14.5. The van der Waals surface area contributed by atoms with Gasteiger partial charge < -0.3 is 30.8 Å². The van der Waals surface area contributed by atoms with Gasteiger partial charge in [0, 0.05) is 29.2 Å². The number of sulfonamides is 1. The van der Waals surface area contributed by atoms with Crippen molar-refractivity contribution in [1.82, 2.24) is 9.29 Å². The van der Waals surface area contributed by atoms with Crippen molar-refractivity contribution in [2.75, 3.05) is 36.9 Å². The largest absolute Gasteiger partial charge is 0.491 e. The van der Waals surface area contributed by atoms with Crippen LogP contribution in [-0.2, 0) is 14.8 Å². The lowest BCUT2D eigenvalue weighted by atomic mass is 10.2. The molecule has 1 aliphatic rings. The fourth-order valence-corrected chi connectivity index (χ4v) is 6.66. The first-order valence-electron chi connectivity index (χ1n) is 12.3. The number of anilines is 2. The van der Waals surface area contributed by atoms with Crippen LogP contribution in [0.4, 0.5) is 11.4 Å². The van der Waals surface area contributed by atoms with Gasteiger partial charge in [-0.05, 0) is 48.6 Å². The predicted molar refractivity (Wildman–Crippen MR) is 159 cm³/mol. The molecule has 4 aromatic rings. The zero-order chi connectivity index (χ0) is 28.3. The van der Waals surface area contributed by atoms with Gasteiger partial charge in [-0.2, -0.15) is 4.31 Å². The molecule has 1 aromatic heterocycles. The summed E-state index contributed by atoms with van der Waals surface area (Å²) in [5.41, 5.74) is 6.82. The van der Waals surface area contributed by atoms with Crippen LogP contribution in [0.25, 0.3) is 10.9 Å². The maximum atomic E-state index is 14.0. The summed E-state index contributed by atoms with van der Waals surface area (Å²) in [6, 6.07) is 21.5. The number of primary amides is 1. The molecule has 0 aliphatic carbocycles. The Hall–Kier alpha value is -3.68. The quantitative estimate of drug-likeness (QED) is 0.221. The number of para-hydroxylation sites is 2. The standard InChI is InChI=1S/C27H26ClN5O5S2/c28-17-13-21-23(22(14-17)31-27(39)30-18-7-3-1-4-8-18)32-24(26(29)34)25(21)40(35,36)33-11-12-37-20(15-33)16-38-19-9-5-2-6-10-19/h1-10,13-14,20,32H,11-12,15-16H2,(H2,29,34)(H2,30,31,39). The highest BCUT2D eigenvalue weighted by Gasteiger charge is 2.36. The topological polar surface area (TPSA) is 139 Å². The van der Waals surface area contributed by atoms with Gasteiger partial charge in [0.2, 0.25) is 10.0 Å². The van der Waals surface area contributed by atoms with Gasteiger partial charge >= 0.3 is 0 Å². The third kappa shape index (κ3) is 6.06. The molecule has 1 aliphatic heterocycles. The Morgan fingerprint density at radius 3 is 2.52 bits per heavy atom. The molecular weight excluding hydrogens is 574 g/mol. The van der Waals surface area contributed by atoms with Crippen molar-refractivity contribution in [2.24, 2.45) is 5.73 Å². The van der Waals surface area contributed by atoms with Crippen molar-refractivity contribution in [3.63, 3.8) is 0 Å². The lowest BCUT2D eigenvalue weighted by molar-refractivity contribution is -0.0249. The van der Waals surface area contributed by atoms with E-state index in [2.05, 4.69) is 15.6 Å². The van der Waals surface area contributed by atoms with E-state index in [4.69, 9.17) is 39.0 Å². The fraction of sp³-hybridized carbons (Fsp3) is 0.185. The second-order valence-corrected chi connectivity index (χ2v) is 11.7. The fourth-order valence-electron chi connectivity index (χ4n) is 4.43. The molecule has 10 nitrogen and oxygen atoms in total. The number of aromatic nitrogens is 1. The summed E-state index contributed by atoms with van der Waals surface area (Å²) in [7, 11) is -4.22. The second kappa shape index (κ2) is 11.8. The maximum absolute atomic E-state index is 14.0. The summed E-state index contributed by atoms with van der Waals surface area (Å²) < 4.78 is 40.8. The molecule has 1 unspecified atom stereocenters. The van der Waals surface area contributed by atoms with E-state index >= 15 is 0 Å². The number of rotatable bonds is 8. The summed E-state index contributed by atoms with van der Waals surface area (Å²) in [6.45, 7) is 0.421. The molecule has 5 N–H and O–H groups in total. The smallest absolute Gasteiger partial charge is 0.266 e. The molecule has 13 heteroatoms. The minimum Gasteiger partial charge on any atom is -0.491 e. The highest BCUT2D eigenvalue weighted by molar-refractivity contribution is 7.89. The summed E-state index contributed by atoms with van der Waals surface area (Å²) in [4.78, 5) is 15.1. The molecule has 1 fully saturated rings. The molecule has 0 spiro atoms. The highest BCUT2D eigenvalue weighted by atomic mass is 35.5. The van der Waals surface area contributed by atoms with Crippen LogP contribution in [-0.4, -0.2) is 61.1 Å². The Balaban J connectivity index is 1.45. The number of amides is 1. The number of hydrogen-bond donors (Lipinski definition) is 4. The summed E-state index contributed by atoms with van der Waals surface area (Å²) in [5.74, 6) is -0.285. The van der Waals surface area contributed by atoms with Gasteiger partial charge in [-0.1, -0.05) is 48.0 Å². The van der Waals surface area contributed by atoms with Gasteiger partial charge in [0.15, 0.2) is 5.11 Å².